The Bertz CT molecular complexity index is 679. The largest absolute Gasteiger partial charge is 0.497 e. The van der Waals surface area contributed by atoms with Crippen molar-refractivity contribution in [2.24, 2.45) is 0 Å². The number of imidazole rings is 1. The topological polar surface area (TPSA) is 118 Å². The molecule has 2 N–H and O–H groups in total. The number of carboxylic acid groups (broad SMARTS) is 1. The number of aromatic nitrogens is 2. The van der Waals surface area contributed by atoms with E-state index >= 15 is 0 Å². The van der Waals surface area contributed by atoms with Crippen LogP contribution in [0.1, 0.15) is 18.3 Å². The van der Waals surface area contributed by atoms with Gasteiger partial charge in [0.15, 0.2) is 5.41 Å². The molecular formula is C13H13N3O5. The number of aromatic amines is 1. The maximum Gasteiger partial charge on any atom is 0.340 e. The summed E-state index contributed by atoms with van der Waals surface area (Å²) in [7, 11) is 1.50. The number of benzene rings is 1. The Balaban J connectivity index is 2.52. The minimum absolute atomic E-state index is 0.00753. The van der Waals surface area contributed by atoms with E-state index < -0.39 is 16.3 Å². The monoisotopic (exact) mass is 291 g/mol. The van der Waals surface area contributed by atoms with E-state index in [2.05, 4.69) is 9.97 Å². The van der Waals surface area contributed by atoms with Crippen LogP contribution in [0.25, 0.3) is 0 Å². The lowest BCUT2D eigenvalue weighted by atomic mass is 9.81. The molecule has 1 heterocycles. The van der Waals surface area contributed by atoms with Crippen molar-refractivity contribution >= 4 is 11.8 Å². The highest BCUT2D eigenvalue weighted by molar-refractivity contribution is 5.84. The number of hydrogen-bond donors (Lipinski definition) is 2. The zero-order chi connectivity index (χ0) is 15.6. The van der Waals surface area contributed by atoms with Crippen LogP contribution in [0.3, 0.4) is 0 Å². The average molecular weight is 291 g/mol. The van der Waals surface area contributed by atoms with Gasteiger partial charge < -0.3 is 20.0 Å². The molecule has 0 radical (unpaired) electrons. The van der Waals surface area contributed by atoms with Crippen molar-refractivity contribution in [2.45, 2.75) is 12.3 Å². The van der Waals surface area contributed by atoms with Crippen LogP contribution < -0.4 is 4.74 Å². The van der Waals surface area contributed by atoms with Crippen molar-refractivity contribution in [1.82, 2.24) is 9.97 Å². The second kappa shape index (κ2) is 5.23. The van der Waals surface area contributed by atoms with Crippen LogP contribution in [0.2, 0.25) is 0 Å². The summed E-state index contributed by atoms with van der Waals surface area (Å²) in [6.45, 7) is 1.43. The molecule has 0 aliphatic heterocycles. The second-order valence-electron chi connectivity index (χ2n) is 4.53. The van der Waals surface area contributed by atoms with Gasteiger partial charge in [0.2, 0.25) is 5.82 Å². The smallest absolute Gasteiger partial charge is 0.340 e. The maximum atomic E-state index is 11.7. The van der Waals surface area contributed by atoms with Crippen molar-refractivity contribution in [2.75, 3.05) is 7.11 Å². The van der Waals surface area contributed by atoms with Crippen LogP contribution >= 0.6 is 0 Å². The summed E-state index contributed by atoms with van der Waals surface area (Å²) in [5, 5.41) is 20.3. The average Bonchev–Trinajstić information content (AvgIpc) is 2.96. The SMILES string of the molecule is COc1ccc([C@@](C)(C(=O)O)c2ncc([N+](=O)[O-])[nH]2)cc1. The van der Waals surface area contributed by atoms with Gasteiger partial charge in [0.25, 0.3) is 0 Å². The van der Waals surface area contributed by atoms with Gasteiger partial charge in [0.1, 0.15) is 11.9 Å². The zero-order valence-corrected chi connectivity index (χ0v) is 11.4. The van der Waals surface area contributed by atoms with Crippen molar-refractivity contribution in [3.63, 3.8) is 0 Å². The highest BCUT2D eigenvalue weighted by Gasteiger charge is 2.43. The maximum absolute atomic E-state index is 11.7. The van der Waals surface area contributed by atoms with Crippen molar-refractivity contribution in [3.8, 4) is 5.75 Å². The number of nitrogens with zero attached hydrogens (tertiary/aromatic N) is 2. The molecule has 1 aromatic heterocycles. The van der Waals surface area contributed by atoms with Crippen molar-refractivity contribution < 1.29 is 19.6 Å². The molecule has 0 aliphatic carbocycles. The fourth-order valence-electron chi connectivity index (χ4n) is 1.94. The molecule has 0 fully saturated rings. The number of H-pyrrole nitrogens is 1. The lowest BCUT2D eigenvalue weighted by Crippen LogP contribution is -2.35. The number of methoxy groups -OCH3 is 1. The third-order valence-electron chi connectivity index (χ3n) is 3.33. The van der Waals surface area contributed by atoms with Crippen LogP contribution in [0.4, 0.5) is 5.82 Å². The molecule has 8 nitrogen and oxygen atoms in total. The molecule has 1 atom stereocenters. The number of aliphatic carboxylic acids is 1. The van der Waals surface area contributed by atoms with E-state index in [0.29, 0.717) is 11.3 Å². The Kier molecular flexibility index (Phi) is 3.62. The van der Waals surface area contributed by atoms with Gasteiger partial charge >= 0.3 is 11.8 Å². The molecule has 0 saturated carbocycles. The quantitative estimate of drug-likeness (QED) is 0.639. The predicted molar refractivity (Wildman–Crippen MR) is 72.3 cm³/mol. The van der Waals surface area contributed by atoms with Gasteiger partial charge in [-0.15, -0.1) is 0 Å². The van der Waals surface area contributed by atoms with Crippen LogP contribution in [0.5, 0.6) is 5.75 Å². The molecular weight excluding hydrogens is 278 g/mol. The molecule has 0 spiro atoms. The van der Waals surface area contributed by atoms with Gasteiger partial charge in [-0.1, -0.05) is 12.1 Å². The molecule has 21 heavy (non-hydrogen) atoms. The highest BCUT2D eigenvalue weighted by atomic mass is 16.6. The summed E-state index contributed by atoms with van der Waals surface area (Å²) >= 11 is 0. The van der Waals surface area contributed by atoms with E-state index in [1.165, 1.54) is 14.0 Å². The van der Waals surface area contributed by atoms with Crippen LogP contribution in [-0.2, 0) is 10.2 Å². The first-order valence-corrected chi connectivity index (χ1v) is 5.97. The number of carbonyl (C=O) groups is 1. The Morgan fingerprint density at radius 1 is 1.43 bits per heavy atom. The fraction of sp³-hybridized carbons (Fsp3) is 0.231. The summed E-state index contributed by atoms with van der Waals surface area (Å²) in [6, 6.07) is 6.41. The molecule has 2 rings (SSSR count). The molecule has 0 aliphatic rings. The van der Waals surface area contributed by atoms with E-state index in [1.54, 1.807) is 24.3 Å². The van der Waals surface area contributed by atoms with Crippen LogP contribution in [0.15, 0.2) is 30.5 Å². The molecule has 8 heteroatoms. The minimum Gasteiger partial charge on any atom is -0.497 e. The van der Waals surface area contributed by atoms with Gasteiger partial charge in [-0.3, -0.25) is 4.79 Å². The van der Waals surface area contributed by atoms with Crippen LogP contribution in [0, 0.1) is 10.1 Å². The summed E-state index contributed by atoms with van der Waals surface area (Å²) in [6.07, 6.45) is 1.00. The number of ether oxygens (including phenoxy) is 1. The first-order valence-electron chi connectivity index (χ1n) is 5.97. The second-order valence-corrected chi connectivity index (χ2v) is 4.53. The van der Waals surface area contributed by atoms with Gasteiger partial charge in [0, 0.05) is 0 Å². The van der Waals surface area contributed by atoms with Gasteiger partial charge in [0.05, 0.1) is 7.11 Å². The number of rotatable bonds is 5. The number of carboxylic acids is 1. The summed E-state index contributed by atoms with van der Waals surface area (Å²) in [4.78, 5) is 28.0. The number of hydrogen-bond acceptors (Lipinski definition) is 5. The lowest BCUT2D eigenvalue weighted by molar-refractivity contribution is -0.389. The van der Waals surface area contributed by atoms with Crippen LogP contribution in [-0.4, -0.2) is 33.1 Å². The van der Waals surface area contributed by atoms with E-state index in [9.17, 15) is 20.0 Å². The Morgan fingerprint density at radius 2 is 2.05 bits per heavy atom. The predicted octanol–water partition coefficient (Wildman–Crippen LogP) is 1.72. The van der Waals surface area contributed by atoms with Gasteiger partial charge in [-0.2, -0.15) is 0 Å². The minimum atomic E-state index is -1.53. The molecule has 0 bridgehead atoms. The number of nitrogens with one attached hydrogen (secondary N) is 1. The molecule has 2 aromatic rings. The molecule has 1 aromatic carbocycles. The number of nitro groups is 1. The van der Waals surface area contributed by atoms with Gasteiger partial charge in [-0.25, -0.2) is 9.97 Å². The summed E-state index contributed by atoms with van der Waals surface area (Å²) in [5.41, 5.74) is -1.10. The molecule has 110 valence electrons. The third-order valence-corrected chi connectivity index (χ3v) is 3.33. The van der Waals surface area contributed by atoms with E-state index in [4.69, 9.17) is 4.74 Å². The zero-order valence-electron chi connectivity index (χ0n) is 11.4. The standard InChI is InChI=1S/C13H13N3O5/c1-13(12(17)18,8-3-5-9(21-2)6-4-8)11-14-7-10(15-11)16(19)20/h3-7H,1-2H3,(H,14,15)(H,17,18)/t13-/m1/s1. The molecule has 0 saturated heterocycles. The van der Waals surface area contributed by atoms with E-state index in [0.717, 1.165) is 6.20 Å². The van der Waals surface area contributed by atoms with E-state index in [-0.39, 0.29) is 11.6 Å². The molecule has 0 unspecified atom stereocenters. The Hall–Kier alpha value is -2.90. The van der Waals surface area contributed by atoms with E-state index in [1.807, 2.05) is 0 Å². The van der Waals surface area contributed by atoms with Crippen molar-refractivity contribution in [3.05, 3.63) is 52.0 Å². The first kappa shape index (κ1) is 14.5. The normalized spacial score (nSPS) is 13.4. The molecule has 0 amide bonds. The summed E-state index contributed by atoms with van der Waals surface area (Å²) in [5.74, 6) is -0.952. The first-order chi connectivity index (χ1) is 9.89. The third kappa shape index (κ3) is 2.42. The Morgan fingerprint density at radius 3 is 2.48 bits per heavy atom. The van der Waals surface area contributed by atoms with Gasteiger partial charge in [-0.05, 0) is 29.5 Å². The summed E-state index contributed by atoms with van der Waals surface area (Å²) < 4.78 is 5.02. The lowest BCUT2D eigenvalue weighted by Gasteiger charge is -2.21. The van der Waals surface area contributed by atoms with Crippen molar-refractivity contribution in [1.29, 1.82) is 0 Å². The Labute approximate surface area is 119 Å². The highest BCUT2D eigenvalue weighted by Crippen LogP contribution is 2.32. The fourth-order valence-corrected chi connectivity index (χ4v) is 1.94.